The molecule has 6 heteroatoms. The molecule has 0 atom stereocenters. The van der Waals surface area contributed by atoms with Gasteiger partial charge in [-0.2, -0.15) is 0 Å². The van der Waals surface area contributed by atoms with Crippen molar-refractivity contribution in [2.24, 2.45) is 5.84 Å². The number of aliphatic hydroxyl groups excluding tert-OH is 1. The average Bonchev–Trinajstić information content (AvgIpc) is 2.29. The Morgan fingerprint density at radius 2 is 2.25 bits per heavy atom. The third-order valence-corrected chi connectivity index (χ3v) is 2.24. The van der Waals surface area contributed by atoms with Crippen LogP contribution in [0, 0.1) is 0 Å². The molecular weight excluding hydrogens is 206 g/mol. The van der Waals surface area contributed by atoms with E-state index < -0.39 is 0 Å². The number of nitrogens with two attached hydrogens (primary N) is 1. The summed E-state index contributed by atoms with van der Waals surface area (Å²) in [7, 11) is 0. The zero-order chi connectivity index (χ0) is 12.0. The largest absolute Gasteiger partial charge is 0.396 e. The van der Waals surface area contributed by atoms with Crippen molar-refractivity contribution < 1.29 is 5.11 Å². The lowest BCUT2D eigenvalue weighted by Crippen LogP contribution is -2.33. The van der Waals surface area contributed by atoms with Crippen molar-refractivity contribution >= 4 is 11.6 Å². The van der Waals surface area contributed by atoms with E-state index >= 15 is 0 Å². The molecule has 0 saturated heterocycles. The Morgan fingerprint density at radius 1 is 1.50 bits per heavy atom. The van der Waals surface area contributed by atoms with Crippen LogP contribution in [0.25, 0.3) is 0 Å². The third-order valence-electron chi connectivity index (χ3n) is 2.24. The molecule has 0 amide bonds. The lowest BCUT2D eigenvalue weighted by Gasteiger charge is -2.27. The van der Waals surface area contributed by atoms with Crippen LogP contribution in [-0.4, -0.2) is 34.3 Å². The van der Waals surface area contributed by atoms with E-state index in [1.54, 1.807) is 12.4 Å². The van der Waals surface area contributed by atoms with Crippen molar-refractivity contribution in [3.63, 3.8) is 0 Å². The van der Waals surface area contributed by atoms with Gasteiger partial charge >= 0.3 is 0 Å². The maximum Gasteiger partial charge on any atom is 0.160 e. The highest BCUT2D eigenvalue weighted by Crippen LogP contribution is 2.15. The Hall–Kier alpha value is -1.40. The Balaban J connectivity index is 2.82. The highest BCUT2D eigenvalue weighted by atomic mass is 16.3. The normalized spacial score (nSPS) is 10.6. The summed E-state index contributed by atoms with van der Waals surface area (Å²) in [5, 5.41) is 8.85. The minimum absolute atomic E-state index is 0.172. The molecule has 90 valence electrons. The zero-order valence-corrected chi connectivity index (χ0v) is 9.72. The van der Waals surface area contributed by atoms with E-state index in [0.29, 0.717) is 18.3 Å². The highest BCUT2D eigenvalue weighted by molar-refractivity contribution is 5.43. The van der Waals surface area contributed by atoms with Gasteiger partial charge in [0.25, 0.3) is 0 Å². The fourth-order valence-corrected chi connectivity index (χ4v) is 1.44. The van der Waals surface area contributed by atoms with Crippen LogP contribution >= 0.6 is 0 Å². The lowest BCUT2D eigenvalue weighted by atomic mass is 10.3. The van der Waals surface area contributed by atoms with Crippen molar-refractivity contribution in [2.45, 2.75) is 26.3 Å². The van der Waals surface area contributed by atoms with E-state index in [4.69, 9.17) is 10.9 Å². The maximum absolute atomic E-state index is 8.85. The molecular formula is C10H19N5O. The second-order valence-corrected chi connectivity index (χ2v) is 3.77. The van der Waals surface area contributed by atoms with Gasteiger partial charge in [-0.05, 0) is 20.3 Å². The Kier molecular flexibility index (Phi) is 4.94. The average molecular weight is 225 g/mol. The minimum Gasteiger partial charge on any atom is -0.396 e. The van der Waals surface area contributed by atoms with Crippen LogP contribution in [0.5, 0.6) is 0 Å². The van der Waals surface area contributed by atoms with Gasteiger partial charge in [0.05, 0.1) is 12.4 Å². The summed E-state index contributed by atoms with van der Waals surface area (Å²) in [6, 6.07) is 0.300. The minimum atomic E-state index is 0.172. The highest BCUT2D eigenvalue weighted by Gasteiger charge is 2.12. The van der Waals surface area contributed by atoms with Gasteiger partial charge in [0.1, 0.15) is 5.82 Å². The molecule has 0 radical (unpaired) electrons. The standard InChI is InChI=1S/C10H19N5O/c1-8(2)15(4-3-5-16)10-7-12-6-9(13-10)14-11/h6-8,16H,3-5,11H2,1-2H3,(H,13,14). The molecule has 0 aliphatic heterocycles. The summed E-state index contributed by atoms with van der Waals surface area (Å²) < 4.78 is 0. The molecule has 1 aromatic rings. The topological polar surface area (TPSA) is 87.3 Å². The molecule has 0 unspecified atom stereocenters. The number of hydrogen-bond donors (Lipinski definition) is 3. The van der Waals surface area contributed by atoms with E-state index in [0.717, 1.165) is 12.4 Å². The number of nitrogens with zero attached hydrogens (tertiary/aromatic N) is 3. The molecule has 16 heavy (non-hydrogen) atoms. The van der Waals surface area contributed by atoms with Crippen molar-refractivity contribution in [1.29, 1.82) is 0 Å². The molecule has 0 bridgehead atoms. The van der Waals surface area contributed by atoms with E-state index in [2.05, 4.69) is 34.1 Å². The molecule has 0 aliphatic rings. The van der Waals surface area contributed by atoms with Gasteiger partial charge in [-0.3, -0.25) is 4.98 Å². The van der Waals surface area contributed by atoms with E-state index in [1.807, 2.05) is 0 Å². The van der Waals surface area contributed by atoms with Crippen LogP contribution in [0.1, 0.15) is 20.3 Å². The van der Waals surface area contributed by atoms with Gasteiger partial charge < -0.3 is 15.4 Å². The molecule has 0 aliphatic carbocycles. The summed E-state index contributed by atoms with van der Waals surface area (Å²) in [6.07, 6.45) is 3.96. The number of nitrogen functional groups attached to an aromatic ring is 1. The van der Waals surface area contributed by atoms with Gasteiger partial charge in [-0.15, -0.1) is 0 Å². The number of rotatable bonds is 6. The summed E-state index contributed by atoms with van der Waals surface area (Å²) in [6.45, 7) is 5.06. The van der Waals surface area contributed by atoms with Gasteiger partial charge in [-0.25, -0.2) is 10.8 Å². The van der Waals surface area contributed by atoms with Crippen LogP contribution in [0.15, 0.2) is 12.4 Å². The first-order valence-electron chi connectivity index (χ1n) is 5.35. The first-order chi connectivity index (χ1) is 7.69. The van der Waals surface area contributed by atoms with Gasteiger partial charge in [0.15, 0.2) is 5.82 Å². The summed E-state index contributed by atoms with van der Waals surface area (Å²) in [4.78, 5) is 10.4. The first-order valence-corrected chi connectivity index (χ1v) is 5.35. The smallest absolute Gasteiger partial charge is 0.160 e. The molecule has 0 aromatic carbocycles. The second kappa shape index (κ2) is 6.24. The maximum atomic E-state index is 8.85. The van der Waals surface area contributed by atoms with Crippen LogP contribution in [0.3, 0.4) is 0 Å². The summed E-state index contributed by atoms with van der Waals surface area (Å²) in [5.41, 5.74) is 2.47. The van der Waals surface area contributed by atoms with Crippen molar-refractivity contribution in [2.75, 3.05) is 23.5 Å². The van der Waals surface area contributed by atoms with Gasteiger partial charge in [0, 0.05) is 19.2 Å². The number of anilines is 2. The van der Waals surface area contributed by atoms with E-state index in [1.165, 1.54) is 0 Å². The number of hydrogen-bond acceptors (Lipinski definition) is 6. The fraction of sp³-hybridized carbons (Fsp3) is 0.600. The Bertz CT molecular complexity index is 318. The quantitative estimate of drug-likeness (QED) is 0.478. The van der Waals surface area contributed by atoms with Crippen LogP contribution in [0.2, 0.25) is 0 Å². The molecule has 1 heterocycles. The fourth-order valence-electron chi connectivity index (χ4n) is 1.44. The molecule has 0 fully saturated rings. The molecule has 4 N–H and O–H groups in total. The van der Waals surface area contributed by atoms with Crippen molar-refractivity contribution in [3.8, 4) is 0 Å². The first kappa shape index (κ1) is 12.7. The van der Waals surface area contributed by atoms with E-state index in [-0.39, 0.29) is 6.61 Å². The molecule has 1 rings (SSSR count). The Labute approximate surface area is 95.5 Å². The number of nitrogens with one attached hydrogen (secondary N) is 1. The third kappa shape index (κ3) is 3.32. The van der Waals surface area contributed by atoms with Crippen LogP contribution in [0.4, 0.5) is 11.6 Å². The number of aliphatic hydroxyl groups is 1. The Morgan fingerprint density at radius 3 is 2.81 bits per heavy atom. The monoisotopic (exact) mass is 225 g/mol. The second-order valence-electron chi connectivity index (χ2n) is 3.77. The van der Waals surface area contributed by atoms with Crippen LogP contribution < -0.4 is 16.2 Å². The number of hydrazine groups is 1. The van der Waals surface area contributed by atoms with Gasteiger partial charge in [-0.1, -0.05) is 0 Å². The van der Waals surface area contributed by atoms with Gasteiger partial charge in [0.2, 0.25) is 0 Å². The predicted molar refractivity (Wildman–Crippen MR) is 64.0 cm³/mol. The molecule has 1 aromatic heterocycles. The summed E-state index contributed by atoms with van der Waals surface area (Å²) >= 11 is 0. The van der Waals surface area contributed by atoms with Crippen LogP contribution in [-0.2, 0) is 0 Å². The van der Waals surface area contributed by atoms with Crippen molar-refractivity contribution in [3.05, 3.63) is 12.4 Å². The molecule has 0 spiro atoms. The predicted octanol–water partition coefficient (Wildman–Crippen LogP) is 0.359. The summed E-state index contributed by atoms with van der Waals surface area (Å²) in [5.74, 6) is 6.58. The van der Waals surface area contributed by atoms with E-state index in [9.17, 15) is 0 Å². The zero-order valence-electron chi connectivity index (χ0n) is 9.72. The van der Waals surface area contributed by atoms with Crippen molar-refractivity contribution in [1.82, 2.24) is 9.97 Å². The molecule has 0 saturated carbocycles. The lowest BCUT2D eigenvalue weighted by molar-refractivity contribution is 0.288. The SMILES string of the molecule is CC(C)N(CCCO)c1cncc(NN)n1. The number of aromatic nitrogens is 2. The molecule has 6 nitrogen and oxygen atoms in total.